The molecule has 0 aliphatic carbocycles. The van der Waals surface area contributed by atoms with Gasteiger partial charge in [0, 0.05) is 6.42 Å². The number of ether oxygens (including phenoxy) is 1. The molecule has 0 aliphatic rings. The third-order valence-corrected chi connectivity index (χ3v) is 10.8. The maximum absolute atomic E-state index is 13.1. The standard InChI is InChI=1S/C47H91NO5/c1-4-7-10-13-16-19-21-22-23-24-25-27-30-33-36-39-45(50)44(42-49)48-46(51)41-43(38-35-32-29-26-18-15-12-9-6-3)53-47(52)40-37-34-31-28-20-17-14-11-8-5-2/h15,18,43-45,49-50H,4-14,16-17,19-42H2,1-3H3,(H,48,51)/b18-15-. The monoisotopic (exact) mass is 750 g/mol. The van der Waals surface area contributed by atoms with Crippen molar-refractivity contribution in [3.63, 3.8) is 0 Å². The van der Waals surface area contributed by atoms with Gasteiger partial charge in [-0.05, 0) is 44.9 Å². The molecule has 0 fully saturated rings. The van der Waals surface area contributed by atoms with Crippen LogP contribution in [0, 0.1) is 0 Å². The van der Waals surface area contributed by atoms with Gasteiger partial charge < -0.3 is 20.3 Å². The predicted molar refractivity (Wildman–Crippen MR) is 227 cm³/mol. The highest BCUT2D eigenvalue weighted by Crippen LogP contribution is 2.18. The van der Waals surface area contributed by atoms with E-state index in [2.05, 4.69) is 38.2 Å². The largest absolute Gasteiger partial charge is 0.462 e. The Labute approximate surface area is 329 Å². The molecule has 314 valence electrons. The molecule has 0 aromatic heterocycles. The summed E-state index contributed by atoms with van der Waals surface area (Å²) in [6.45, 7) is 6.43. The molecule has 0 aromatic rings. The minimum absolute atomic E-state index is 0.0723. The highest BCUT2D eigenvalue weighted by Gasteiger charge is 2.24. The summed E-state index contributed by atoms with van der Waals surface area (Å²) >= 11 is 0. The van der Waals surface area contributed by atoms with Crippen LogP contribution in [0.3, 0.4) is 0 Å². The van der Waals surface area contributed by atoms with Gasteiger partial charge in [0.25, 0.3) is 0 Å². The number of hydrogen-bond donors (Lipinski definition) is 3. The normalized spacial score (nSPS) is 13.4. The summed E-state index contributed by atoms with van der Waals surface area (Å²) in [5.74, 6) is -0.483. The van der Waals surface area contributed by atoms with Gasteiger partial charge in [-0.1, -0.05) is 206 Å². The van der Waals surface area contributed by atoms with Crippen molar-refractivity contribution in [2.45, 2.75) is 270 Å². The Bertz CT molecular complexity index is 802. The fourth-order valence-corrected chi connectivity index (χ4v) is 7.23. The minimum Gasteiger partial charge on any atom is -0.462 e. The summed E-state index contributed by atoms with van der Waals surface area (Å²) in [5.41, 5.74) is 0. The van der Waals surface area contributed by atoms with Crippen LogP contribution in [0.2, 0.25) is 0 Å². The molecule has 0 heterocycles. The number of carbonyl (C=O) groups excluding carboxylic acids is 2. The quantitative estimate of drug-likeness (QED) is 0.0328. The predicted octanol–water partition coefficient (Wildman–Crippen LogP) is 13.4. The number of allylic oxidation sites excluding steroid dienone is 2. The van der Waals surface area contributed by atoms with Gasteiger partial charge in [-0.25, -0.2) is 0 Å². The molecule has 1 amide bonds. The Morgan fingerprint density at radius 1 is 0.528 bits per heavy atom. The summed E-state index contributed by atoms with van der Waals surface area (Å²) in [7, 11) is 0. The second-order valence-electron chi connectivity index (χ2n) is 16.2. The first kappa shape index (κ1) is 51.6. The molecule has 0 radical (unpaired) electrons. The van der Waals surface area contributed by atoms with Gasteiger partial charge in [-0.2, -0.15) is 0 Å². The molecular formula is C47H91NO5. The molecule has 3 atom stereocenters. The molecular weight excluding hydrogens is 659 g/mol. The van der Waals surface area contributed by atoms with E-state index in [-0.39, 0.29) is 24.9 Å². The topological polar surface area (TPSA) is 95.9 Å². The second-order valence-corrected chi connectivity index (χ2v) is 16.2. The van der Waals surface area contributed by atoms with Crippen molar-refractivity contribution in [3.05, 3.63) is 12.2 Å². The number of aliphatic hydroxyl groups is 2. The van der Waals surface area contributed by atoms with Crippen LogP contribution in [0.15, 0.2) is 12.2 Å². The zero-order valence-corrected chi connectivity index (χ0v) is 35.7. The third-order valence-electron chi connectivity index (χ3n) is 10.8. The maximum Gasteiger partial charge on any atom is 0.306 e. The van der Waals surface area contributed by atoms with E-state index >= 15 is 0 Å². The lowest BCUT2D eigenvalue weighted by molar-refractivity contribution is -0.151. The Morgan fingerprint density at radius 3 is 1.40 bits per heavy atom. The van der Waals surface area contributed by atoms with E-state index in [0.717, 1.165) is 64.2 Å². The Kier molecular flexibility index (Phi) is 40.7. The van der Waals surface area contributed by atoms with E-state index < -0.39 is 18.2 Å². The molecule has 0 aliphatic heterocycles. The number of amides is 1. The summed E-state index contributed by atoms with van der Waals surface area (Å²) in [6, 6.07) is -0.698. The molecule has 0 bridgehead atoms. The van der Waals surface area contributed by atoms with E-state index in [1.807, 2.05) is 0 Å². The number of unbranched alkanes of at least 4 members (excludes halogenated alkanes) is 28. The molecule has 3 N–H and O–H groups in total. The zero-order valence-electron chi connectivity index (χ0n) is 35.7. The number of nitrogens with one attached hydrogen (secondary N) is 1. The fraction of sp³-hybridized carbons (Fsp3) is 0.915. The van der Waals surface area contributed by atoms with E-state index in [0.29, 0.717) is 19.3 Å². The van der Waals surface area contributed by atoms with Crippen LogP contribution in [0.1, 0.15) is 252 Å². The van der Waals surface area contributed by atoms with Gasteiger partial charge >= 0.3 is 5.97 Å². The van der Waals surface area contributed by atoms with Gasteiger partial charge in [0.15, 0.2) is 0 Å². The number of rotatable bonds is 42. The molecule has 0 aromatic carbocycles. The van der Waals surface area contributed by atoms with Crippen molar-refractivity contribution in [3.8, 4) is 0 Å². The van der Waals surface area contributed by atoms with Crippen LogP contribution in [-0.4, -0.2) is 46.9 Å². The molecule has 0 rings (SSSR count). The Hall–Kier alpha value is -1.40. The number of aliphatic hydroxyl groups excluding tert-OH is 2. The molecule has 0 spiro atoms. The van der Waals surface area contributed by atoms with Gasteiger partial charge in [0.2, 0.25) is 5.91 Å². The Balaban J connectivity index is 4.45. The first-order valence-corrected chi connectivity index (χ1v) is 23.4. The number of hydrogen-bond acceptors (Lipinski definition) is 5. The van der Waals surface area contributed by atoms with Gasteiger partial charge in [-0.15, -0.1) is 0 Å². The van der Waals surface area contributed by atoms with Crippen LogP contribution in [-0.2, 0) is 14.3 Å². The van der Waals surface area contributed by atoms with Gasteiger partial charge in [0.1, 0.15) is 6.10 Å². The maximum atomic E-state index is 13.1. The molecule has 0 saturated carbocycles. The van der Waals surface area contributed by atoms with Crippen molar-refractivity contribution < 1.29 is 24.5 Å². The lowest BCUT2D eigenvalue weighted by Crippen LogP contribution is -2.46. The van der Waals surface area contributed by atoms with Gasteiger partial charge in [-0.3, -0.25) is 9.59 Å². The highest BCUT2D eigenvalue weighted by atomic mass is 16.5. The first-order valence-electron chi connectivity index (χ1n) is 23.4. The molecule has 6 heteroatoms. The highest BCUT2D eigenvalue weighted by molar-refractivity contribution is 5.77. The van der Waals surface area contributed by atoms with Crippen molar-refractivity contribution in [2.75, 3.05) is 6.61 Å². The van der Waals surface area contributed by atoms with Gasteiger partial charge in [0.05, 0.1) is 25.2 Å². The van der Waals surface area contributed by atoms with Crippen LogP contribution in [0.4, 0.5) is 0 Å². The fourth-order valence-electron chi connectivity index (χ4n) is 7.23. The lowest BCUT2D eigenvalue weighted by Gasteiger charge is -2.24. The van der Waals surface area contributed by atoms with Crippen molar-refractivity contribution >= 4 is 11.9 Å². The average Bonchev–Trinajstić information content (AvgIpc) is 3.15. The minimum atomic E-state index is -0.784. The second kappa shape index (κ2) is 41.8. The SMILES string of the molecule is CCCC/C=C\CCCCCC(CC(=O)NC(CO)C(O)CCCCCCCCCCCCCCCCC)OC(=O)CCCCCCCCCCCC. The molecule has 6 nitrogen and oxygen atoms in total. The van der Waals surface area contributed by atoms with Crippen LogP contribution in [0.25, 0.3) is 0 Å². The number of carbonyl (C=O) groups is 2. The number of esters is 1. The van der Waals surface area contributed by atoms with Crippen LogP contribution < -0.4 is 5.32 Å². The zero-order chi connectivity index (χ0) is 38.9. The van der Waals surface area contributed by atoms with E-state index in [1.54, 1.807) is 0 Å². The Morgan fingerprint density at radius 2 is 0.925 bits per heavy atom. The first-order chi connectivity index (χ1) is 26.0. The summed E-state index contributed by atoms with van der Waals surface area (Å²) in [4.78, 5) is 25.9. The summed E-state index contributed by atoms with van der Waals surface area (Å²) in [6.07, 6.45) is 44.2. The van der Waals surface area contributed by atoms with E-state index in [1.165, 1.54) is 141 Å². The summed E-state index contributed by atoms with van der Waals surface area (Å²) in [5, 5.41) is 23.6. The van der Waals surface area contributed by atoms with E-state index in [9.17, 15) is 19.8 Å². The van der Waals surface area contributed by atoms with Crippen molar-refractivity contribution in [1.82, 2.24) is 5.32 Å². The smallest absolute Gasteiger partial charge is 0.306 e. The van der Waals surface area contributed by atoms with E-state index in [4.69, 9.17) is 4.74 Å². The molecule has 53 heavy (non-hydrogen) atoms. The van der Waals surface area contributed by atoms with Crippen LogP contribution in [0.5, 0.6) is 0 Å². The lowest BCUT2D eigenvalue weighted by atomic mass is 10.0. The molecule has 3 unspecified atom stereocenters. The van der Waals surface area contributed by atoms with Crippen LogP contribution >= 0.6 is 0 Å². The summed E-state index contributed by atoms with van der Waals surface area (Å²) < 4.78 is 5.87. The van der Waals surface area contributed by atoms with Crippen molar-refractivity contribution in [2.24, 2.45) is 0 Å². The average molecular weight is 750 g/mol. The molecule has 0 saturated heterocycles. The van der Waals surface area contributed by atoms with Crippen molar-refractivity contribution in [1.29, 1.82) is 0 Å². The third kappa shape index (κ3) is 37.3.